The molecule has 4 nitrogen and oxygen atoms in total. The number of carbonyl (C=O) groups is 1. The molecule has 2 rings (SSSR count). The number of esters is 1. The third-order valence-corrected chi connectivity index (χ3v) is 2.68. The van der Waals surface area contributed by atoms with E-state index in [0.29, 0.717) is 11.3 Å². The second-order valence-corrected chi connectivity index (χ2v) is 4.25. The molecule has 0 aliphatic carbocycles. The van der Waals surface area contributed by atoms with Gasteiger partial charge in [0.05, 0.1) is 0 Å². The highest BCUT2D eigenvalue weighted by atomic mass is 16.5. The molecule has 0 unspecified atom stereocenters. The van der Waals surface area contributed by atoms with E-state index in [2.05, 4.69) is 4.99 Å². The average Bonchev–Trinajstić information content (AvgIpc) is 2.47. The molecule has 0 bridgehead atoms. The van der Waals surface area contributed by atoms with Gasteiger partial charge >= 0.3 is 5.97 Å². The summed E-state index contributed by atoms with van der Waals surface area (Å²) < 4.78 is 5.18. The van der Waals surface area contributed by atoms with Crippen molar-refractivity contribution in [3.05, 3.63) is 60.2 Å². The Hall–Kier alpha value is -2.62. The summed E-state index contributed by atoms with van der Waals surface area (Å²) in [5.41, 5.74) is 0.562. The zero-order valence-electron chi connectivity index (χ0n) is 11.1. The lowest BCUT2D eigenvalue weighted by molar-refractivity contribution is -0.135. The zero-order valence-corrected chi connectivity index (χ0v) is 11.1. The van der Waals surface area contributed by atoms with Crippen molar-refractivity contribution in [2.75, 3.05) is 0 Å². The largest absolute Gasteiger partial charge is 0.507 e. The third-order valence-electron chi connectivity index (χ3n) is 2.68. The fourth-order valence-electron chi connectivity index (χ4n) is 1.54. The Morgan fingerprint density at radius 3 is 2.50 bits per heavy atom. The summed E-state index contributed by atoms with van der Waals surface area (Å²) in [5.74, 6) is 0.171. The first-order valence-electron chi connectivity index (χ1n) is 6.25. The minimum absolute atomic E-state index is 0.125. The normalized spacial score (nSPS) is 12.2. The maximum atomic E-state index is 11.8. The van der Waals surface area contributed by atoms with Gasteiger partial charge < -0.3 is 9.84 Å². The van der Waals surface area contributed by atoms with Gasteiger partial charge in [0.15, 0.2) is 0 Å². The molecule has 2 aromatic rings. The Kier molecular flexibility index (Phi) is 4.50. The highest BCUT2D eigenvalue weighted by molar-refractivity contribution is 5.86. The lowest BCUT2D eigenvalue weighted by atomic mass is 10.2. The standard InChI is InChI=1S/C16H15NO3/c1-12(16(19)20-14-8-3-2-4-9-14)17-11-13-7-5-6-10-15(13)18/h2-12,18H,1H3/t12-/m0/s1. The lowest BCUT2D eigenvalue weighted by Gasteiger charge is -2.07. The number of nitrogens with zero attached hydrogens (tertiary/aromatic N) is 1. The number of hydrogen-bond acceptors (Lipinski definition) is 4. The molecule has 0 spiro atoms. The maximum Gasteiger partial charge on any atom is 0.335 e. The summed E-state index contributed by atoms with van der Waals surface area (Å²) in [6, 6.07) is 15.0. The van der Waals surface area contributed by atoms with Gasteiger partial charge in [0.2, 0.25) is 0 Å². The Bertz CT molecular complexity index is 608. The van der Waals surface area contributed by atoms with Crippen molar-refractivity contribution < 1.29 is 14.6 Å². The van der Waals surface area contributed by atoms with Crippen molar-refractivity contribution >= 4 is 12.2 Å². The molecule has 0 saturated carbocycles. The molecular formula is C16H15NO3. The van der Waals surface area contributed by atoms with Crippen LogP contribution in [0.3, 0.4) is 0 Å². The van der Waals surface area contributed by atoms with Crippen LogP contribution in [-0.2, 0) is 4.79 Å². The predicted molar refractivity (Wildman–Crippen MR) is 77.2 cm³/mol. The smallest absolute Gasteiger partial charge is 0.335 e. The zero-order chi connectivity index (χ0) is 14.4. The van der Waals surface area contributed by atoms with E-state index in [9.17, 15) is 9.90 Å². The van der Waals surface area contributed by atoms with Crippen LogP contribution in [0.15, 0.2) is 59.6 Å². The van der Waals surface area contributed by atoms with Crippen molar-refractivity contribution in [2.45, 2.75) is 13.0 Å². The molecule has 20 heavy (non-hydrogen) atoms. The van der Waals surface area contributed by atoms with Gasteiger partial charge in [0.25, 0.3) is 0 Å². The van der Waals surface area contributed by atoms with Crippen LogP contribution in [0.1, 0.15) is 12.5 Å². The molecule has 1 atom stereocenters. The van der Waals surface area contributed by atoms with E-state index in [0.717, 1.165) is 0 Å². The summed E-state index contributed by atoms with van der Waals surface area (Å²) in [6.45, 7) is 1.64. The summed E-state index contributed by atoms with van der Waals surface area (Å²) in [4.78, 5) is 15.9. The van der Waals surface area contributed by atoms with Crippen LogP contribution in [0.25, 0.3) is 0 Å². The molecule has 0 aliphatic heterocycles. The SMILES string of the molecule is C[C@H](N=Cc1ccccc1O)C(=O)Oc1ccccc1. The van der Waals surface area contributed by atoms with E-state index in [1.165, 1.54) is 6.21 Å². The van der Waals surface area contributed by atoms with Crippen molar-refractivity contribution in [3.8, 4) is 11.5 Å². The lowest BCUT2D eigenvalue weighted by Crippen LogP contribution is -2.21. The molecule has 0 aliphatic rings. The number of para-hydroxylation sites is 2. The van der Waals surface area contributed by atoms with Crippen LogP contribution in [-0.4, -0.2) is 23.3 Å². The van der Waals surface area contributed by atoms with Gasteiger partial charge in [0.1, 0.15) is 17.5 Å². The van der Waals surface area contributed by atoms with Crippen LogP contribution in [0, 0.1) is 0 Å². The van der Waals surface area contributed by atoms with Crippen molar-refractivity contribution in [1.82, 2.24) is 0 Å². The first-order valence-corrected chi connectivity index (χ1v) is 6.25. The number of phenolic OH excluding ortho intramolecular Hbond substituents is 1. The molecule has 0 radical (unpaired) electrons. The second-order valence-electron chi connectivity index (χ2n) is 4.25. The van der Waals surface area contributed by atoms with Gasteiger partial charge in [-0.3, -0.25) is 4.99 Å². The molecule has 1 N–H and O–H groups in total. The molecule has 102 valence electrons. The number of ether oxygens (including phenoxy) is 1. The quantitative estimate of drug-likeness (QED) is 0.527. The van der Waals surface area contributed by atoms with E-state index in [1.807, 2.05) is 6.07 Å². The monoisotopic (exact) mass is 269 g/mol. The summed E-state index contributed by atoms with van der Waals surface area (Å²) in [5, 5.41) is 9.59. The van der Waals surface area contributed by atoms with E-state index in [1.54, 1.807) is 55.5 Å². The van der Waals surface area contributed by atoms with Crippen molar-refractivity contribution in [3.63, 3.8) is 0 Å². The molecule has 2 aromatic carbocycles. The molecule has 0 heterocycles. The Morgan fingerprint density at radius 1 is 1.15 bits per heavy atom. The Labute approximate surface area is 117 Å². The topological polar surface area (TPSA) is 58.9 Å². The van der Waals surface area contributed by atoms with Crippen LogP contribution in [0.5, 0.6) is 11.5 Å². The summed E-state index contributed by atoms with van der Waals surface area (Å²) >= 11 is 0. The maximum absolute atomic E-state index is 11.8. The number of carbonyl (C=O) groups excluding carboxylic acids is 1. The van der Waals surface area contributed by atoms with E-state index < -0.39 is 12.0 Å². The second kappa shape index (κ2) is 6.52. The fraction of sp³-hybridized carbons (Fsp3) is 0.125. The van der Waals surface area contributed by atoms with Crippen LogP contribution in [0.2, 0.25) is 0 Å². The number of rotatable bonds is 4. The number of hydrogen-bond donors (Lipinski definition) is 1. The minimum atomic E-state index is -0.644. The number of phenols is 1. The van der Waals surface area contributed by atoms with E-state index >= 15 is 0 Å². The first kappa shape index (κ1) is 13.8. The Balaban J connectivity index is 1.99. The number of aliphatic imine (C=N–C) groups is 1. The van der Waals surface area contributed by atoms with Crippen LogP contribution in [0.4, 0.5) is 0 Å². The van der Waals surface area contributed by atoms with Crippen LogP contribution >= 0.6 is 0 Å². The van der Waals surface area contributed by atoms with Gasteiger partial charge in [-0.1, -0.05) is 30.3 Å². The van der Waals surface area contributed by atoms with E-state index in [4.69, 9.17) is 4.74 Å². The Morgan fingerprint density at radius 2 is 1.80 bits per heavy atom. The van der Waals surface area contributed by atoms with Crippen molar-refractivity contribution in [2.24, 2.45) is 4.99 Å². The number of benzene rings is 2. The van der Waals surface area contributed by atoms with Gasteiger partial charge in [0, 0.05) is 11.8 Å². The van der Waals surface area contributed by atoms with Gasteiger partial charge in [-0.25, -0.2) is 4.79 Å². The molecule has 0 saturated heterocycles. The summed E-state index contributed by atoms with van der Waals surface area (Å²) in [7, 11) is 0. The first-order chi connectivity index (χ1) is 9.66. The van der Waals surface area contributed by atoms with Gasteiger partial charge in [-0.05, 0) is 31.2 Å². The minimum Gasteiger partial charge on any atom is -0.507 e. The average molecular weight is 269 g/mol. The molecule has 0 amide bonds. The molecule has 0 aromatic heterocycles. The van der Waals surface area contributed by atoms with Crippen molar-refractivity contribution in [1.29, 1.82) is 0 Å². The van der Waals surface area contributed by atoms with Gasteiger partial charge in [-0.2, -0.15) is 0 Å². The van der Waals surface area contributed by atoms with Gasteiger partial charge in [-0.15, -0.1) is 0 Å². The number of aromatic hydroxyl groups is 1. The van der Waals surface area contributed by atoms with Crippen LogP contribution < -0.4 is 4.74 Å². The highest BCUT2D eigenvalue weighted by Gasteiger charge is 2.13. The fourth-order valence-corrected chi connectivity index (χ4v) is 1.54. The highest BCUT2D eigenvalue weighted by Crippen LogP contribution is 2.14. The predicted octanol–water partition coefficient (Wildman–Crippen LogP) is 2.81. The van der Waals surface area contributed by atoms with E-state index in [-0.39, 0.29) is 5.75 Å². The molecular weight excluding hydrogens is 254 g/mol. The molecule has 4 heteroatoms. The molecule has 0 fully saturated rings. The third kappa shape index (κ3) is 3.68. The summed E-state index contributed by atoms with van der Waals surface area (Å²) in [6.07, 6.45) is 1.46.